The summed E-state index contributed by atoms with van der Waals surface area (Å²) in [7, 11) is -3.46. The first-order valence-corrected chi connectivity index (χ1v) is 10.6. The highest BCUT2D eigenvalue weighted by Crippen LogP contribution is 2.17. The third-order valence-corrected chi connectivity index (χ3v) is 5.94. The van der Waals surface area contributed by atoms with Crippen molar-refractivity contribution in [2.24, 2.45) is 0 Å². The zero-order valence-corrected chi connectivity index (χ0v) is 16.1. The summed E-state index contributed by atoms with van der Waals surface area (Å²) in [6, 6.07) is 15.0. The van der Waals surface area contributed by atoms with Gasteiger partial charge in [0.25, 0.3) is 0 Å². The van der Waals surface area contributed by atoms with Crippen LogP contribution in [0.25, 0.3) is 0 Å². The van der Waals surface area contributed by atoms with E-state index in [1.807, 2.05) is 18.2 Å². The molecule has 1 N–H and O–H groups in total. The Morgan fingerprint density at radius 2 is 1.77 bits per heavy atom. The van der Waals surface area contributed by atoms with Crippen molar-refractivity contribution in [1.29, 1.82) is 0 Å². The molecule has 7 heteroatoms. The van der Waals surface area contributed by atoms with E-state index in [4.69, 9.17) is 16.3 Å². The molecule has 1 saturated heterocycles. The number of nitrogens with one attached hydrogen (secondary N) is 1. The van der Waals surface area contributed by atoms with Crippen LogP contribution in [0.15, 0.2) is 48.5 Å². The van der Waals surface area contributed by atoms with Crippen LogP contribution in [0, 0.1) is 0 Å². The highest BCUT2D eigenvalue weighted by atomic mass is 35.5. The van der Waals surface area contributed by atoms with Gasteiger partial charge in [-0.15, -0.1) is 0 Å². The summed E-state index contributed by atoms with van der Waals surface area (Å²) < 4.78 is 32.7. The van der Waals surface area contributed by atoms with E-state index in [0.717, 1.165) is 38.4 Å². The quantitative estimate of drug-likeness (QED) is 0.784. The molecule has 1 aliphatic rings. The van der Waals surface area contributed by atoms with E-state index in [2.05, 4.69) is 15.7 Å². The smallest absolute Gasteiger partial charge is 0.216 e. The normalized spacial score (nSPS) is 15.9. The Balaban J connectivity index is 1.58. The van der Waals surface area contributed by atoms with Crippen LogP contribution in [-0.4, -0.2) is 39.6 Å². The highest BCUT2D eigenvalue weighted by molar-refractivity contribution is 7.88. The minimum Gasteiger partial charge on any atom is -0.379 e. The van der Waals surface area contributed by atoms with Gasteiger partial charge in [0.05, 0.1) is 19.0 Å². The van der Waals surface area contributed by atoms with Gasteiger partial charge in [0, 0.05) is 31.2 Å². The van der Waals surface area contributed by atoms with Gasteiger partial charge < -0.3 is 4.74 Å². The molecule has 5 nitrogen and oxygen atoms in total. The van der Waals surface area contributed by atoms with Crippen molar-refractivity contribution in [3.8, 4) is 0 Å². The number of hydrogen-bond donors (Lipinski definition) is 1. The van der Waals surface area contributed by atoms with Crippen LogP contribution < -0.4 is 4.72 Å². The summed E-state index contributed by atoms with van der Waals surface area (Å²) >= 11 is 6.06. The van der Waals surface area contributed by atoms with Crippen molar-refractivity contribution in [2.45, 2.75) is 18.8 Å². The van der Waals surface area contributed by atoms with Crippen LogP contribution in [0.4, 0.5) is 0 Å². The Bertz CT molecular complexity index is 836. The molecule has 2 aromatic carbocycles. The number of hydrogen-bond acceptors (Lipinski definition) is 4. The highest BCUT2D eigenvalue weighted by Gasteiger charge is 2.14. The van der Waals surface area contributed by atoms with Gasteiger partial charge in [-0.3, -0.25) is 4.90 Å². The second kappa shape index (κ2) is 8.97. The summed E-state index contributed by atoms with van der Waals surface area (Å²) in [5, 5.41) is 0.463. The molecule has 1 heterocycles. The third-order valence-electron chi connectivity index (χ3n) is 4.30. The van der Waals surface area contributed by atoms with Crippen molar-refractivity contribution in [3.63, 3.8) is 0 Å². The lowest BCUT2D eigenvalue weighted by Crippen LogP contribution is -2.35. The predicted molar refractivity (Wildman–Crippen MR) is 103 cm³/mol. The van der Waals surface area contributed by atoms with E-state index in [-0.39, 0.29) is 12.3 Å². The molecular formula is C19H23ClN2O3S. The minimum absolute atomic E-state index is 0.125. The number of nitrogens with zero attached hydrogens (tertiary/aromatic N) is 1. The Labute approximate surface area is 160 Å². The SMILES string of the molecule is O=S(=O)(Cc1ccccc1Cl)NCc1cccc(CN2CCOCC2)c1. The van der Waals surface area contributed by atoms with Gasteiger partial charge in [0.1, 0.15) is 0 Å². The van der Waals surface area contributed by atoms with Gasteiger partial charge in [0.2, 0.25) is 10.0 Å². The fraction of sp³-hybridized carbons (Fsp3) is 0.368. The van der Waals surface area contributed by atoms with Crippen LogP contribution in [0.5, 0.6) is 0 Å². The van der Waals surface area contributed by atoms with Gasteiger partial charge in [-0.25, -0.2) is 13.1 Å². The molecule has 0 aromatic heterocycles. The third kappa shape index (κ3) is 5.79. The number of rotatable bonds is 7. The van der Waals surface area contributed by atoms with E-state index < -0.39 is 10.0 Å². The molecule has 0 bridgehead atoms. The topological polar surface area (TPSA) is 58.6 Å². The largest absolute Gasteiger partial charge is 0.379 e. The molecule has 0 atom stereocenters. The predicted octanol–water partition coefficient (Wildman–Crippen LogP) is 2.79. The fourth-order valence-corrected chi connectivity index (χ4v) is 4.35. The van der Waals surface area contributed by atoms with Gasteiger partial charge in [-0.2, -0.15) is 0 Å². The van der Waals surface area contributed by atoms with Crippen molar-refractivity contribution in [3.05, 3.63) is 70.2 Å². The molecule has 1 aliphatic heterocycles. The van der Waals surface area contributed by atoms with Crippen LogP contribution in [-0.2, 0) is 33.6 Å². The summed E-state index contributed by atoms with van der Waals surface area (Å²) in [5.74, 6) is -0.125. The van der Waals surface area contributed by atoms with E-state index >= 15 is 0 Å². The monoisotopic (exact) mass is 394 g/mol. The Morgan fingerprint density at radius 3 is 2.54 bits per heavy atom. The molecule has 0 spiro atoms. The first kappa shape index (κ1) is 19.3. The molecule has 140 valence electrons. The van der Waals surface area contributed by atoms with Crippen LogP contribution in [0.2, 0.25) is 5.02 Å². The first-order chi connectivity index (χ1) is 12.5. The maximum Gasteiger partial charge on any atom is 0.216 e. The molecule has 26 heavy (non-hydrogen) atoms. The van der Waals surface area contributed by atoms with Crippen LogP contribution in [0.3, 0.4) is 0 Å². The number of sulfonamides is 1. The molecule has 0 amide bonds. The molecule has 1 fully saturated rings. The average Bonchev–Trinajstić information content (AvgIpc) is 2.63. The maximum atomic E-state index is 12.3. The molecule has 3 rings (SSSR count). The second-order valence-electron chi connectivity index (χ2n) is 6.38. The lowest BCUT2D eigenvalue weighted by Gasteiger charge is -2.26. The maximum absolute atomic E-state index is 12.3. The lowest BCUT2D eigenvalue weighted by atomic mass is 10.1. The van der Waals surface area contributed by atoms with Gasteiger partial charge in [-0.05, 0) is 22.8 Å². The molecule has 0 unspecified atom stereocenters. The zero-order valence-electron chi connectivity index (χ0n) is 14.5. The van der Waals surface area contributed by atoms with Crippen molar-refractivity contribution in [1.82, 2.24) is 9.62 Å². The van der Waals surface area contributed by atoms with Crippen LogP contribution in [0.1, 0.15) is 16.7 Å². The van der Waals surface area contributed by atoms with Crippen molar-refractivity contribution >= 4 is 21.6 Å². The number of morpholine rings is 1. The molecule has 0 aliphatic carbocycles. The van der Waals surface area contributed by atoms with Crippen LogP contribution >= 0.6 is 11.6 Å². The summed E-state index contributed by atoms with van der Waals surface area (Å²) in [5.41, 5.74) is 2.72. The number of ether oxygens (including phenoxy) is 1. The van der Waals surface area contributed by atoms with E-state index in [9.17, 15) is 8.42 Å². The summed E-state index contributed by atoms with van der Waals surface area (Å²) in [6.45, 7) is 4.50. The molecule has 0 saturated carbocycles. The van der Waals surface area contributed by atoms with Gasteiger partial charge in [0.15, 0.2) is 0 Å². The molecule has 0 radical (unpaired) electrons. The van der Waals surface area contributed by atoms with E-state index in [1.165, 1.54) is 5.56 Å². The van der Waals surface area contributed by atoms with Crippen molar-refractivity contribution < 1.29 is 13.2 Å². The lowest BCUT2D eigenvalue weighted by molar-refractivity contribution is 0.0342. The Morgan fingerprint density at radius 1 is 1.04 bits per heavy atom. The van der Waals surface area contributed by atoms with Gasteiger partial charge in [-0.1, -0.05) is 54.1 Å². The second-order valence-corrected chi connectivity index (χ2v) is 8.59. The standard InChI is InChI=1S/C19H23ClN2O3S/c20-19-7-2-1-6-18(19)15-26(23,24)21-13-16-4-3-5-17(12-16)14-22-8-10-25-11-9-22/h1-7,12,21H,8-11,13-15H2. The van der Waals surface area contributed by atoms with E-state index in [1.54, 1.807) is 24.3 Å². The molecular weight excluding hydrogens is 372 g/mol. The number of halogens is 1. The number of benzene rings is 2. The first-order valence-electron chi connectivity index (χ1n) is 8.60. The summed E-state index contributed by atoms with van der Waals surface area (Å²) in [4.78, 5) is 2.34. The summed E-state index contributed by atoms with van der Waals surface area (Å²) in [6.07, 6.45) is 0. The van der Waals surface area contributed by atoms with Gasteiger partial charge >= 0.3 is 0 Å². The van der Waals surface area contributed by atoms with Crippen molar-refractivity contribution in [2.75, 3.05) is 26.3 Å². The zero-order chi connectivity index (χ0) is 18.4. The Hall–Kier alpha value is -1.44. The fourth-order valence-electron chi connectivity index (χ4n) is 2.92. The average molecular weight is 395 g/mol. The molecule has 2 aromatic rings. The van der Waals surface area contributed by atoms with E-state index in [0.29, 0.717) is 10.6 Å². The Kier molecular flexibility index (Phi) is 6.67. The minimum atomic E-state index is -3.46.